The Labute approximate surface area is 156 Å². The maximum atomic E-state index is 13.9. The Balaban J connectivity index is 2.26. The van der Waals surface area contributed by atoms with Gasteiger partial charge in [-0.25, -0.2) is 9.07 Å². The predicted octanol–water partition coefficient (Wildman–Crippen LogP) is 4.32. The number of Topliss-reactive ketones (excluding diaryl/α,β-unsaturated/α-hetero) is 1. The third-order valence-corrected chi connectivity index (χ3v) is 4.30. The molecule has 0 aliphatic rings. The number of hydrogen-bond acceptors (Lipinski definition) is 4. The molecule has 0 saturated heterocycles. The molecule has 0 aliphatic heterocycles. The summed E-state index contributed by atoms with van der Waals surface area (Å²) in [6.45, 7) is 5.18. The number of aryl methyl sites for hydroxylation is 2. The first-order chi connectivity index (χ1) is 12.9. The minimum atomic E-state index is -0.427. The van der Waals surface area contributed by atoms with E-state index >= 15 is 0 Å². The molecule has 6 heteroatoms. The van der Waals surface area contributed by atoms with Crippen LogP contribution in [0.5, 0.6) is 0 Å². The second-order valence-corrected chi connectivity index (χ2v) is 6.23. The fraction of sp³-hybridized carbons (Fsp3) is 0.190. The molecule has 138 valence electrons. The number of anilines is 2. The summed E-state index contributed by atoms with van der Waals surface area (Å²) in [5, 5.41) is 7.33. The van der Waals surface area contributed by atoms with Gasteiger partial charge in [0.1, 0.15) is 17.2 Å². The highest BCUT2D eigenvalue weighted by molar-refractivity contribution is 6.05. The maximum Gasteiger partial charge on any atom is 0.291 e. The molecular weight excluding hydrogens is 345 g/mol. The summed E-state index contributed by atoms with van der Waals surface area (Å²) < 4.78 is 15.2. The van der Waals surface area contributed by atoms with Crippen molar-refractivity contribution in [1.29, 1.82) is 0 Å². The van der Waals surface area contributed by atoms with Crippen molar-refractivity contribution in [3.63, 3.8) is 0 Å². The van der Waals surface area contributed by atoms with Gasteiger partial charge in [0.2, 0.25) is 0 Å². The van der Waals surface area contributed by atoms with Gasteiger partial charge in [-0.15, -0.1) is 0 Å². The summed E-state index contributed by atoms with van der Waals surface area (Å²) >= 11 is 0. The fourth-order valence-corrected chi connectivity index (χ4v) is 2.86. The second-order valence-electron chi connectivity index (χ2n) is 6.23. The van der Waals surface area contributed by atoms with Crippen LogP contribution in [0.2, 0.25) is 0 Å². The van der Waals surface area contributed by atoms with Crippen molar-refractivity contribution in [2.75, 3.05) is 5.32 Å². The molecule has 0 fully saturated rings. The minimum Gasteiger partial charge on any atom is -0.350 e. The van der Waals surface area contributed by atoms with E-state index in [-0.39, 0.29) is 17.0 Å². The predicted molar refractivity (Wildman–Crippen MR) is 104 cm³/mol. The van der Waals surface area contributed by atoms with Crippen molar-refractivity contribution < 1.29 is 9.18 Å². The van der Waals surface area contributed by atoms with Crippen LogP contribution in [0.4, 0.5) is 15.8 Å². The molecule has 0 amide bonds. The van der Waals surface area contributed by atoms with E-state index in [1.54, 1.807) is 26.0 Å². The van der Waals surface area contributed by atoms with Gasteiger partial charge in [0.15, 0.2) is 5.78 Å². The molecule has 5 nitrogen and oxygen atoms in total. The fourth-order valence-electron chi connectivity index (χ4n) is 2.86. The number of nitrogens with zero attached hydrogens (tertiary/aromatic N) is 2. The van der Waals surface area contributed by atoms with E-state index in [1.165, 1.54) is 17.7 Å². The first-order valence-electron chi connectivity index (χ1n) is 8.67. The van der Waals surface area contributed by atoms with Crippen LogP contribution in [0.15, 0.2) is 53.3 Å². The number of halogens is 1. The number of rotatable bonds is 5. The average molecular weight is 365 g/mol. The highest BCUT2D eigenvalue weighted by Gasteiger charge is 2.22. The Hall–Kier alpha value is -3.28. The van der Waals surface area contributed by atoms with Gasteiger partial charge in [-0.1, -0.05) is 36.4 Å². The Kier molecular flexibility index (Phi) is 5.16. The van der Waals surface area contributed by atoms with Gasteiger partial charge in [-0.05, 0) is 38.5 Å². The quantitative estimate of drug-likeness (QED) is 0.684. The van der Waals surface area contributed by atoms with Crippen molar-refractivity contribution in [2.45, 2.75) is 27.3 Å². The third kappa shape index (κ3) is 3.65. The highest BCUT2D eigenvalue weighted by Crippen LogP contribution is 2.28. The van der Waals surface area contributed by atoms with E-state index in [0.717, 1.165) is 5.56 Å². The van der Waals surface area contributed by atoms with Crippen LogP contribution >= 0.6 is 0 Å². The van der Waals surface area contributed by atoms with Crippen molar-refractivity contribution in [3.8, 4) is 11.3 Å². The molecule has 0 saturated carbocycles. The molecule has 3 aromatic rings. The zero-order valence-electron chi connectivity index (χ0n) is 15.4. The van der Waals surface area contributed by atoms with Crippen LogP contribution in [0.3, 0.4) is 0 Å². The van der Waals surface area contributed by atoms with Gasteiger partial charge in [-0.2, -0.15) is 5.10 Å². The van der Waals surface area contributed by atoms with Crippen molar-refractivity contribution in [2.24, 2.45) is 0 Å². The number of nitrogens with one attached hydrogen (secondary N) is 1. The van der Waals surface area contributed by atoms with Gasteiger partial charge in [0.05, 0.1) is 5.56 Å². The van der Waals surface area contributed by atoms with Crippen molar-refractivity contribution >= 4 is 17.2 Å². The highest BCUT2D eigenvalue weighted by atomic mass is 19.1. The summed E-state index contributed by atoms with van der Waals surface area (Å²) in [5.41, 5.74) is 1.90. The van der Waals surface area contributed by atoms with E-state index in [0.29, 0.717) is 23.5 Å². The molecule has 0 aliphatic carbocycles. The van der Waals surface area contributed by atoms with E-state index in [1.807, 2.05) is 30.3 Å². The Bertz CT molecular complexity index is 1060. The molecule has 1 heterocycles. The van der Waals surface area contributed by atoms with Crippen LogP contribution in [-0.4, -0.2) is 15.6 Å². The molecular formula is C21H20FN3O2. The average Bonchev–Trinajstić information content (AvgIpc) is 2.66. The van der Waals surface area contributed by atoms with Crippen molar-refractivity contribution in [1.82, 2.24) is 9.78 Å². The zero-order valence-corrected chi connectivity index (χ0v) is 15.4. The van der Waals surface area contributed by atoms with Crippen LogP contribution in [-0.2, 0) is 6.54 Å². The van der Waals surface area contributed by atoms with E-state index in [9.17, 15) is 14.0 Å². The molecule has 0 bridgehead atoms. The molecule has 0 unspecified atom stereocenters. The van der Waals surface area contributed by atoms with Gasteiger partial charge in [-0.3, -0.25) is 9.59 Å². The molecule has 1 aromatic heterocycles. The van der Waals surface area contributed by atoms with Crippen LogP contribution in [0, 0.1) is 12.7 Å². The van der Waals surface area contributed by atoms with Crippen LogP contribution in [0.25, 0.3) is 11.3 Å². The van der Waals surface area contributed by atoms with E-state index in [4.69, 9.17) is 0 Å². The molecule has 1 N–H and O–H groups in total. The van der Waals surface area contributed by atoms with Gasteiger partial charge < -0.3 is 5.32 Å². The lowest BCUT2D eigenvalue weighted by Crippen LogP contribution is -2.28. The van der Waals surface area contributed by atoms with Gasteiger partial charge in [0, 0.05) is 17.8 Å². The monoisotopic (exact) mass is 365 g/mol. The topological polar surface area (TPSA) is 64.0 Å². The Morgan fingerprint density at radius 2 is 1.89 bits per heavy atom. The number of carbonyl (C=O) groups excluding carboxylic acids is 1. The van der Waals surface area contributed by atoms with Crippen molar-refractivity contribution in [3.05, 3.63) is 75.8 Å². The Morgan fingerprint density at radius 3 is 2.48 bits per heavy atom. The second kappa shape index (κ2) is 7.53. The lowest BCUT2D eigenvalue weighted by atomic mass is 10.0. The summed E-state index contributed by atoms with van der Waals surface area (Å²) in [7, 11) is 0. The zero-order chi connectivity index (χ0) is 19.6. The Morgan fingerprint density at radius 1 is 1.19 bits per heavy atom. The molecule has 2 aromatic carbocycles. The SMILES string of the molecule is CCn1nc(-c2ccccc2)c(C(C)=O)c(Nc2ccc(C)c(F)c2)c1=O. The van der Waals surface area contributed by atoms with Gasteiger partial charge >= 0.3 is 0 Å². The van der Waals surface area contributed by atoms with E-state index in [2.05, 4.69) is 10.4 Å². The smallest absolute Gasteiger partial charge is 0.291 e. The lowest BCUT2D eigenvalue weighted by Gasteiger charge is -2.16. The number of hydrogen-bond donors (Lipinski definition) is 1. The first kappa shape index (κ1) is 18.5. The number of benzene rings is 2. The largest absolute Gasteiger partial charge is 0.350 e. The summed E-state index contributed by atoms with van der Waals surface area (Å²) in [4.78, 5) is 25.3. The third-order valence-electron chi connectivity index (χ3n) is 4.30. The lowest BCUT2D eigenvalue weighted by molar-refractivity contribution is 0.101. The standard InChI is InChI=1S/C21H20FN3O2/c1-4-25-21(27)20(23-16-11-10-13(2)17(22)12-16)18(14(3)26)19(24-25)15-8-6-5-7-9-15/h5-12,23H,4H2,1-3H3. The van der Waals surface area contributed by atoms with Gasteiger partial charge in [0.25, 0.3) is 5.56 Å². The normalized spacial score (nSPS) is 10.7. The minimum absolute atomic E-state index is 0.0986. The first-order valence-corrected chi connectivity index (χ1v) is 8.67. The van der Waals surface area contributed by atoms with Crippen LogP contribution in [0.1, 0.15) is 29.8 Å². The summed E-state index contributed by atoms with van der Waals surface area (Å²) in [5.74, 6) is -0.686. The molecule has 27 heavy (non-hydrogen) atoms. The number of aromatic nitrogens is 2. The molecule has 0 atom stereocenters. The summed E-state index contributed by atoms with van der Waals surface area (Å²) in [6.07, 6.45) is 0. The molecule has 0 spiro atoms. The molecule has 3 rings (SSSR count). The molecule has 0 radical (unpaired) electrons. The number of carbonyl (C=O) groups is 1. The number of ketones is 1. The maximum absolute atomic E-state index is 13.9. The van der Waals surface area contributed by atoms with E-state index < -0.39 is 11.4 Å². The van der Waals surface area contributed by atoms with Crippen LogP contribution < -0.4 is 10.9 Å². The summed E-state index contributed by atoms with van der Waals surface area (Å²) in [6, 6.07) is 13.8.